The largest absolute Gasteiger partial charge is 0.330 e. The smallest absolute Gasteiger partial charge is 0.320 e. The van der Waals surface area contributed by atoms with E-state index < -0.39 is 0 Å². The molecule has 1 aliphatic heterocycles. The predicted molar refractivity (Wildman–Crippen MR) is 70.0 cm³/mol. The van der Waals surface area contributed by atoms with Gasteiger partial charge in [0.2, 0.25) is 0 Å². The second-order valence-corrected chi connectivity index (χ2v) is 4.74. The molecule has 2 unspecified atom stereocenters. The van der Waals surface area contributed by atoms with E-state index in [9.17, 15) is 4.79 Å². The zero-order chi connectivity index (χ0) is 13.1. The van der Waals surface area contributed by atoms with Crippen molar-refractivity contribution in [3.8, 4) is 0 Å². The third kappa shape index (κ3) is 2.31. The number of carbonyl (C=O) groups excluding carboxylic acids is 1. The van der Waals surface area contributed by atoms with Crippen LogP contribution in [-0.2, 0) is 0 Å². The molecule has 5 nitrogen and oxygen atoms in total. The van der Waals surface area contributed by atoms with Gasteiger partial charge in [0.15, 0.2) is 0 Å². The van der Waals surface area contributed by atoms with Crippen LogP contribution in [0.1, 0.15) is 25.1 Å². The van der Waals surface area contributed by atoms with Crippen molar-refractivity contribution < 1.29 is 4.79 Å². The van der Waals surface area contributed by atoms with Gasteiger partial charge in [0.25, 0.3) is 0 Å². The van der Waals surface area contributed by atoms with E-state index in [4.69, 9.17) is 5.73 Å². The molecule has 2 atom stereocenters. The summed E-state index contributed by atoms with van der Waals surface area (Å²) >= 11 is 0. The third-order valence-electron chi connectivity index (χ3n) is 3.53. The molecule has 0 spiro atoms. The van der Waals surface area contributed by atoms with Crippen LogP contribution in [0.2, 0.25) is 0 Å². The van der Waals surface area contributed by atoms with Crippen molar-refractivity contribution in [1.82, 2.24) is 14.8 Å². The number of amides is 2. The number of hydrogen-bond acceptors (Lipinski definition) is 3. The Hall–Kier alpha value is -1.62. The Morgan fingerprint density at radius 2 is 2.33 bits per heavy atom. The second kappa shape index (κ2) is 5.35. The van der Waals surface area contributed by atoms with Gasteiger partial charge in [0.05, 0.1) is 11.7 Å². The number of nitrogens with zero attached hydrogens (tertiary/aromatic N) is 3. The normalized spacial score (nSPS) is 21.5. The molecular weight excluding hydrogens is 228 g/mol. The molecule has 0 saturated carbocycles. The van der Waals surface area contributed by atoms with E-state index in [1.165, 1.54) is 0 Å². The summed E-state index contributed by atoms with van der Waals surface area (Å²) in [6, 6.07) is 6.08. The van der Waals surface area contributed by atoms with Crippen molar-refractivity contribution in [3.05, 3.63) is 30.1 Å². The van der Waals surface area contributed by atoms with E-state index in [1.807, 2.05) is 37.1 Å². The molecule has 1 aromatic heterocycles. The molecule has 0 radical (unpaired) electrons. The van der Waals surface area contributed by atoms with Crippen LogP contribution in [0.25, 0.3) is 0 Å². The molecule has 2 amide bonds. The first-order chi connectivity index (χ1) is 8.65. The molecule has 1 aliphatic rings. The van der Waals surface area contributed by atoms with Crippen LogP contribution in [0.3, 0.4) is 0 Å². The minimum Gasteiger partial charge on any atom is -0.330 e. The maximum Gasteiger partial charge on any atom is 0.320 e. The van der Waals surface area contributed by atoms with Crippen molar-refractivity contribution >= 4 is 6.03 Å². The Balaban J connectivity index is 2.15. The first-order valence-corrected chi connectivity index (χ1v) is 6.29. The Morgan fingerprint density at radius 3 is 2.94 bits per heavy atom. The highest BCUT2D eigenvalue weighted by atomic mass is 16.2. The summed E-state index contributed by atoms with van der Waals surface area (Å²) in [4.78, 5) is 20.2. The predicted octanol–water partition coefficient (Wildman–Crippen LogP) is 1.23. The fourth-order valence-corrected chi connectivity index (χ4v) is 2.35. The minimum atomic E-state index is 0.0407. The zero-order valence-corrected chi connectivity index (χ0v) is 10.9. The van der Waals surface area contributed by atoms with E-state index >= 15 is 0 Å². The van der Waals surface area contributed by atoms with Crippen LogP contribution in [0.4, 0.5) is 4.79 Å². The Kier molecular flexibility index (Phi) is 3.81. The van der Waals surface area contributed by atoms with Crippen molar-refractivity contribution in [3.63, 3.8) is 0 Å². The number of likely N-dealkylation sites (N-methyl/N-ethyl adjacent to an activating group) is 1. The summed E-state index contributed by atoms with van der Waals surface area (Å²) in [6.07, 6.45) is 2.59. The molecule has 0 aliphatic carbocycles. The number of pyridine rings is 1. The van der Waals surface area contributed by atoms with E-state index in [0.717, 1.165) is 12.1 Å². The fourth-order valence-electron chi connectivity index (χ4n) is 2.35. The molecule has 1 fully saturated rings. The number of hydrogen-bond donors (Lipinski definition) is 1. The van der Waals surface area contributed by atoms with Gasteiger partial charge in [-0.25, -0.2) is 4.79 Å². The summed E-state index contributed by atoms with van der Waals surface area (Å²) in [5.41, 5.74) is 6.50. The van der Waals surface area contributed by atoms with Crippen molar-refractivity contribution in [2.45, 2.75) is 25.4 Å². The topological polar surface area (TPSA) is 62.5 Å². The van der Waals surface area contributed by atoms with Crippen molar-refractivity contribution in [2.24, 2.45) is 5.73 Å². The summed E-state index contributed by atoms with van der Waals surface area (Å²) in [5, 5.41) is 0. The molecule has 2 N–H and O–H groups in total. The molecule has 5 heteroatoms. The maximum absolute atomic E-state index is 12.2. The second-order valence-electron chi connectivity index (χ2n) is 4.74. The van der Waals surface area contributed by atoms with Crippen molar-refractivity contribution in [1.29, 1.82) is 0 Å². The lowest BCUT2D eigenvalue weighted by Crippen LogP contribution is -2.37. The quantitative estimate of drug-likeness (QED) is 0.871. The summed E-state index contributed by atoms with van der Waals surface area (Å²) in [5.74, 6) is 0. The van der Waals surface area contributed by atoms with E-state index in [0.29, 0.717) is 13.1 Å². The van der Waals surface area contributed by atoms with Gasteiger partial charge in [-0.15, -0.1) is 0 Å². The highest BCUT2D eigenvalue weighted by molar-refractivity contribution is 5.77. The van der Waals surface area contributed by atoms with Crippen LogP contribution < -0.4 is 5.73 Å². The summed E-state index contributed by atoms with van der Waals surface area (Å²) < 4.78 is 0. The average Bonchev–Trinajstić information content (AvgIpc) is 2.68. The monoisotopic (exact) mass is 248 g/mol. The standard InChI is InChI=1S/C13H20N4O/c1-10(6-7-14)17-9-12(16(2)13(17)18)11-5-3-4-8-15-11/h3-5,8,10,12H,6-7,9,14H2,1-2H3. The van der Waals surface area contributed by atoms with Crippen LogP contribution in [-0.4, -0.2) is 47.0 Å². The van der Waals surface area contributed by atoms with Crippen LogP contribution in [0.15, 0.2) is 24.4 Å². The van der Waals surface area contributed by atoms with Gasteiger partial charge in [0, 0.05) is 25.8 Å². The lowest BCUT2D eigenvalue weighted by molar-refractivity contribution is 0.182. The van der Waals surface area contributed by atoms with Gasteiger partial charge in [-0.05, 0) is 32.0 Å². The Morgan fingerprint density at radius 1 is 1.56 bits per heavy atom. The zero-order valence-electron chi connectivity index (χ0n) is 10.9. The van der Waals surface area contributed by atoms with Gasteiger partial charge in [0.1, 0.15) is 0 Å². The molecule has 98 valence electrons. The lowest BCUT2D eigenvalue weighted by Gasteiger charge is -2.23. The lowest BCUT2D eigenvalue weighted by atomic mass is 10.1. The van der Waals surface area contributed by atoms with Crippen molar-refractivity contribution in [2.75, 3.05) is 20.1 Å². The number of aromatic nitrogens is 1. The molecule has 2 heterocycles. The van der Waals surface area contributed by atoms with Gasteiger partial charge in [-0.1, -0.05) is 6.07 Å². The van der Waals surface area contributed by atoms with E-state index in [1.54, 1.807) is 11.1 Å². The van der Waals surface area contributed by atoms with E-state index in [2.05, 4.69) is 4.98 Å². The van der Waals surface area contributed by atoms with Gasteiger partial charge >= 0.3 is 6.03 Å². The third-order valence-corrected chi connectivity index (χ3v) is 3.53. The molecule has 18 heavy (non-hydrogen) atoms. The summed E-state index contributed by atoms with van der Waals surface area (Å²) in [7, 11) is 1.83. The molecular formula is C13H20N4O. The maximum atomic E-state index is 12.2. The van der Waals surface area contributed by atoms with Gasteiger partial charge in [-0.3, -0.25) is 4.98 Å². The average molecular weight is 248 g/mol. The molecule has 0 aromatic carbocycles. The first kappa shape index (κ1) is 12.8. The first-order valence-electron chi connectivity index (χ1n) is 6.29. The summed E-state index contributed by atoms with van der Waals surface area (Å²) in [6.45, 7) is 3.33. The molecule has 1 saturated heterocycles. The Labute approximate surface area is 108 Å². The molecule has 1 aromatic rings. The number of carbonyl (C=O) groups is 1. The highest BCUT2D eigenvalue weighted by Gasteiger charge is 2.38. The van der Waals surface area contributed by atoms with Gasteiger partial charge < -0.3 is 15.5 Å². The Bertz CT molecular complexity index is 409. The molecule has 2 rings (SSSR count). The van der Waals surface area contributed by atoms with Crippen LogP contribution in [0, 0.1) is 0 Å². The van der Waals surface area contributed by atoms with E-state index in [-0.39, 0.29) is 18.1 Å². The number of urea groups is 1. The number of nitrogens with two attached hydrogens (primary N) is 1. The SMILES string of the molecule is CC(CCN)N1CC(c2ccccn2)N(C)C1=O. The highest BCUT2D eigenvalue weighted by Crippen LogP contribution is 2.28. The number of rotatable bonds is 4. The van der Waals surface area contributed by atoms with Gasteiger partial charge in [-0.2, -0.15) is 0 Å². The molecule has 0 bridgehead atoms. The van der Waals surface area contributed by atoms with Crippen LogP contribution in [0.5, 0.6) is 0 Å². The van der Waals surface area contributed by atoms with Crippen LogP contribution >= 0.6 is 0 Å². The minimum absolute atomic E-state index is 0.0407. The fraction of sp³-hybridized carbons (Fsp3) is 0.538.